The lowest BCUT2D eigenvalue weighted by atomic mass is 10.0. The second-order valence-electron chi connectivity index (χ2n) is 6.68. The highest BCUT2D eigenvalue weighted by Crippen LogP contribution is 2.51. The van der Waals surface area contributed by atoms with Crippen molar-refractivity contribution in [1.29, 1.82) is 0 Å². The zero-order valence-electron chi connectivity index (χ0n) is 17.9. The van der Waals surface area contributed by atoms with Gasteiger partial charge in [0.15, 0.2) is 0 Å². The topological polar surface area (TPSA) is 111 Å². The summed E-state index contributed by atoms with van der Waals surface area (Å²) in [6, 6.07) is 12.3. The minimum absolute atomic E-state index is 0.0784. The quantitative estimate of drug-likeness (QED) is 0.473. The highest BCUT2D eigenvalue weighted by Gasteiger charge is 2.25. The molecule has 0 aliphatic carbocycles. The van der Waals surface area contributed by atoms with E-state index in [1.165, 1.54) is 7.11 Å². The Kier molecular flexibility index (Phi) is 9.24. The molecule has 2 aromatic rings. The molecule has 2 rings (SSSR count). The van der Waals surface area contributed by atoms with Gasteiger partial charge in [-0.1, -0.05) is 30.3 Å². The van der Waals surface area contributed by atoms with Crippen LogP contribution >= 0.6 is 7.60 Å². The van der Waals surface area contributed by atoms with E-state index >= 15 is 0 Å². The number of hydrogen-bond donors (Lipinski definition) is 2. The number of amides is 1. The van der Waals surface area contributed by atoms with Crippen molar-refractivity contribution in [3.8, 4) is 5.75 Å². The number of para-hydroxylation sites is 1. The highest BCUT2D eigenvalue weighted by molar-refractivity contribution is 7.53. The second-order valence-corrected chi connectivity index (χ2v) is 8.74. The van der Waals surface area contributed by atoms with Gasteiger partial charge in [0.25, 0.3) is 5.91 Å². The van der Waals surface area contributed by atoms with Gasteiger partial charge in [-0.05, 0) is 43.2 Å². The van der Waals surface area contributed by atoms with Crippen molar-refractivity contribution in [2.24, 2.45) is 0 Å². The molecule has 8 nitrogen and oxygen atoms in total. The van der Waals surface area contributed by atoms with Gasteiger partial charge < -0.3 is 24.2 Å². The lowest BCUT2D eigenvalue weighted by molar-refractivity contribution is -0.139. The van der Waals surface area contributed by atoms with Gasteiger partial charge >= 0.3 is 13.6 Å². The third-order valence-corrected chi connectivity index (χ3v) is 6.52. The molecule has 1 amide bonds. The van der Waals surface area contributed by atoms with E-state index in [4.69, 9.17) is 13.8 Å². The SMILES string of the molecule is CCOP(=O)(Cc1ccc(C(=O)N[C@@H](Cc2ccccc2OC)C(=O)O)cc1)OCC. The summed E-state index contributed by atoms with van der Waals surface area (Å²) in [7, 11) is -1.75. The fraction of sp³-hybridized carbons (Fsp3) is 0.364. The Labute approximate surface area is 182 Å². The summed E-state index contributed by atoms with van der Waals surface area (Å²) in [5.74, 6) is -1.11. The number of aliphatic carboxylic acids is 1. The van der Waals surface area contributed by atoms with Gasteiger partial charge in [-0.3, -0.25) is 9.36 Å². The van der Waals surface area contributed by atoms with Gasteiger partial charge in [-0.15, -0.1) is 0 Å². The van der Waals surface area contributed by atoms with Crippen LogP contribution in [0.4, 0.5) is 0 Å². The summed E-state index contributed by atoms with van der Waals surface area (Å²) in [6.07, 6.45) is 0.164. The first-order chi connectivity index (χ1) is 14.8. The molecule has 0 saturated heterocycles. The molecule has 0 bridgehead atoms. The summed E-state index contributed by atoms with van der Waals surface area (Å²) < 4.78 is 28.5. The van der Waals surface area contributed by atoms with Crippen LogP contribution in [0.25, 0.3) is 0 Å². The molecular weight excluding hydrogens is 421 g/mol. The van der Waals surface area contributed by atoms with Crippen molar-refractivity contribution < 1.29 is 33.0 Å². The third-order valence-electron chi connectivity index (χ3n) is 4.46. The summed E-state index contributed by atoms with van der Waals surface area (Å²) >= 11 is 0. The molecular formula is C22H28NO7P. The number of ether oxygens (including phenoxy) is 1. The highest BCUT2D eigenvalue weighted by atomic mass is 31.2. The van der Waals surface area contributed by atoms with Crippen LogP contribution in [0.15, 0.2) is 48.5 Å². The largest absolute Gasteiger partial charge is 0.496 e. The lowest BCUT2D eigenvalue weighted by Gasteiger charge is -2.18. The van der Waals surface area contributed by atoms with Crippen LogP contribution in [0.1, 0.15) is 35.3 Å². The Balaban J connectivity index is 2.09. The van der Waals surface area contributed by atoms with Gasteiger partial charge in [0, 0.05) is 12.0 Å². The summed E-state index contributed by atoms with van der Waals surface area (Å²) in [5, 5.41) is 12.1. The molecule has 2 N–H and O–H groups in total. The molecule has 0 heterocycles. The normalized spacial score (nSPS) is 12.2. The molecule has 0 aliphatic heterocycles. The van der Waals surface area contributed by atoms with Crippen LogP contribution < -0.4 is 10.1 Å². The van der Waals surface area contributed by atoms with Crippen molar-refractivity contribution in [1.82, 2.24) is 5.32 Å². The van der Waals surface area contributed by atoms with E-state index in [0.717, 1.165) is 0 Å². The minimum Gasteiger partial charge on any atom is -0.496 e. The molecule has 168 valence electrons. The van der Waals surface area contributed by atoms with Gasteiger partial charge in [-0.25, -0.2) is 4.79 Å². The molecule has 0 unspecified atom stereocenters. The molecule has 2 aromatic carbocycles. The van der Waals surface area contributed by atoms with E-state index in [9.17, 15) is 19.3 Å². The Bertz CT molecular complexity index is 920. The van der Waals surface area contributed by atoms with Crippen molar-refractivity contribution in [3.63, 3.8) is 0 Å². The summed E-state index contributed by atoms with van der Waals surface area (Å²) in [4.78, 5) is 24.3. The fourth-order valence-corrected chi connectivity index (χ4v) is 4.74. The Morgan fingerprint density at radius 3 is 2.19 bits per heavy atom. The van der Waals surface area contributed by atoms with Crippen LogP contribution in [0, 0.1) is 0 Å². The zero-order valence-corrected chi connectivity index (χ0v) is 18.8. The standard InChI is InChI=1S/C22H28NO7P/c1-4-29-31(27,30-5-2)15-16-10-12-17(13-11-16)21(24)23-19(22(25)26)14-18-8-6-7-9-20(18)28-3/h6-13,19H,4-5,14-15H2,1-3H3,(H,23,24)(H,25,26)/t19-/m0/s1. The van der Waals surface area contributed by atoms with Crippen molar-refractivity contribution in [2.75, 3.05) is 20.3 Å². The van der Waals surface area contributed by atoms with E-state index in [-0.39, 0.29) is 31.4 Å². The molecule has 0 radical (unpaired) electrons. The number of hydrogen-bond acceptors (Lipinski definition) is 6. The van der Waals surface area contributed by atoms with E-state index in [1.807, 2.05) is 0 Å². The number of rotatable bonds is 12. The van der Waals surface area contributed by atoms with Crippen LogP contribution in [0.2, 0.25) is 0 Å². The maximum atomic E-state index is 12.6. The molecule has 9 heteroatoms. The monoisotopic (exact) mass is 449 g/mol. The fourth-order valence-electron chi connectivity index (χ4n) is 3.04. The predicted octanol–water partition coefficient (Wildman–Crippen LogP) is 3.89. The first-order valence-electron chi connectivity index (χ1n) is 9.94. The molecule has 0 aliphatic rings. The Hall–Kier alpha value is -2.67. The van der Waals surface area contributed by atoms with Gasteiger partial charge in [0.05, 0.1) is 26.5 Å². The maximum Gasteiger partial charge on any atom is 0.335 e. The van der Waals surface area contributed by atoms with Crippen LogP contribution in [0.5, 0.6) is 5.75 Å². The molecule has 0 aromatic heterocycles. The Morgan fingerprint density at radius 1 is 1.03 bits per heavy atom. The Morgan fingerprint density at radius 2 is 1.65 bits per heavy atom. The van der Waals surface area contributed by atoms with Crippen molar-refractivity contribution >= 4 is 19.5 Å². The molecule has 1 atom stereocenters. The number of carbonyl (C=O) groups excluding carboxylic acids is 1. The number of carboxylic acids is 1. The van der Waals surface area contributed by atoms with Crippen LogP contribution in [0.3, 0.4) is 0 Å². The first-order valence-corrected chi connectivity index (χ1v) is 11.7. The summed E-state index contributed by atoms with van der Waals surface area (Å²) in [5.41, 5.74) is 1.65. The lowest BCUT2D eigenvalue weighted by Crippen LogP contribution is -2.42. The average molecular weight is 449 g/mol. The zero-order chi connectivity index (χ0) is 22.9. The van der Waals surface area contributed by atoms with E-state index in [2.05, 4.69) is 5.32 Å². The average Bonchev–Trinajstić information content (AvgIpc) is 2.74. The van der Waals surface area contributed by atoms with Crippen LogP contribution in [-0.2, 0) is 31.0 Å². The number of benzene rings is 2. The van der Waals surface area contributed by atoms with Crippen molar-refractivity contribution in [2.45, 2.75) is 32.5 Å². The predicted molar refractivity (Wildman–Crippen MR) is 117 cm³/mol. The molecule has 0 fully saturated rings. The molecule has 31 heavy (non-hydrogen) atoms. The first kappa shape index (κ1) is 24.6. The number of carbonyl (C=O) groups is 2. The maximum absolute atomic E-state index is 12.6. The molecule has 0 spiro atoms. The number of carboxylic acid groups (broad SMARTS) is 1. The smallest absolute Gasteiger partial charge is 0.335 e. The van der Waals surface area contributed by atoms with E-state index in [1.54, 1.807) is 62.4 Å². The van der Waals surface area contributed by atoms with Crippen LogP contribution in [-0.4, -0.2) is 43.3 Å². The molecule has 0 saturated carbocycles. The summed E-state index contributed by atoms with van der Waals surface area (Å²) in [6.45, 7) is 4.01. The van der Waals surface area contributed by atoms with Gasteiger partial charge in [-0.2, -0.15) is 0 Å². The van der Waals surface area contributed by atoms with Crippen molar-refractivity contribution in [3.05, 3.63) is 65.2 Å². The number of nitrogens with one attached hydrogen (secondary N) is 1. The van der Waals surface area contributed by atoms with Gasteiger partial charge in [0.2, 0.25) is 0 Å². The minimum atomic E-state index is -3.25. The van der Waals surface area contributed by atoms with E-state index < -0.39 is 25.5 Å². The van der Waals surface area contributed by atoms with E-state index in [0.29, 0.717) is 16.9 Å². The van der Waals surface area contributed by atoms with Gasteiger partial charge in [0.1, 0.15) is 11.8 Å². The second kappa shape index (κ2) is 11.6. The third kappa shape index (κ3) is 7.21. The number of methoxy groups -OCH3 is 1.